The molecule has 1 amide bonds. The Morgan fingerprint density at radius 1 is 1.33 bits per heavy atom. The van der Waals surface area contributed by atoms with Gasteiger partial charge in [-0.3, -0.25) is 4.79 Å². The lowest BCUT2D eigenvalue weighted by molar-refractivity contribution is 0.0540. The van der Waals surface area contributed by atoms with Crippen molar-refractivity contribution in [1.82, 2.24) is 10.1 Å². The maximum Gasteiger partial charge on any atom is 0.292 e. The van der Waals surface area contributed by atoms with Crippen LogP contribution < -0.4 is 4.74 Å². The minimum Gasteiger partial charge on any atom is -0.493 e. The maximum absolute atomic E-state index is 12.6. The molecule has 0 fully saturated rings. The third-order valence-corrected chi connectivity index (χ3v) is 4.05. The number of hydrogen-bond acceptors (Lipinski definition) is 5. The Bertz CT molecular complexity index is 736. The molecule has 0 bridgehead atoms. The van der Waals surface area contributed by atoms with E-state index in [2.05, 4.69) is 5.16 Å². The summed E-state index contributed by atoms with van der Waals surface area (Å²) in [5.41, 5.74) is 2.66. The topological polar surface area (TPSA) is 75.8 Å². The van der Waals surface area contributed by atoms with Gasteiger partial charge in [0.1, 0.15) is 11.4 Å². The molecule has 1 aliphatic rings. The Balaban J connectivity index is 1.83. The van der Waals surface area contributed by atoms with E-state index in [0.717, 1.165) is 23.3 Å². The van der Waals surface area contributed by atoms with E-state index >= 15 is 0 Å². The quantitative estimate of drug-likeness (QED) is 0.911. The summed E-state index contributed by atoms with van der Waals surface area (Å²) in [6, 6.07) is 7.45. The number of benzene rings is 1. The second-order valence-corrected chi connectivity index (χ2v) is 6.40. The fourth-order valence-corrected chi connectivity index (χ4v) is 2.81. The minimum atomic E-state index is -0.601. The van der Waals surface area contributed by atoms with E-state index in [1.807, 2.05) is 32.0 Å². The van der Waals surface area contributed by atoms with Crippen molar-refractivity contribution < 1.29 is 19.2 Å². The van der Waals surface area contributed by atoms with Crippen LogP contribution in [0.2, 0.25) is 0 Å². The number of rotatable bonds is 5. The molecule has 0 saturated carbocycles. The van der Waals surface area contributed by atoms with Crippen LogP contribution in [0.25, 0.3) is 11.3 Å². The molecule has 1 unspecified atom stereocenters. The number of aromatic nitrogens is 1. The number of ether oxygens (including phenoxy) is 1. The average Bonchev–Trinajstić information content (AvgIpc) is 3.19. The van der Waals surface area contributed by atoms with E-state index in [0.29, 0.717) is 12.3 Å². The Hall–Kier alpha value is -2.34. The zero-order chi connectivity index (χ0) is 17.3. The van der Waals surface area contributed by atoms with Gasteiger partial charge in [0.05, 0.1) is 12.7 Å². The lowest BCUT2D eigenvalue weighted by atomic mass is 10.1. The number of aliphatic hydroxyl groups is 1. The van der Waals surface area contributed by atoms with E-state index in [9.17, 15) is 9.90 Å². The summed E-state index contributed by atoms with van der Waals surface area (Å²) >= 11 is 0. The molecule has 1 aromatic heterocycles. The van der Waals surface area contributed by atoms with E-state index in [1.54, 1.807) is 17.9 Å². The molecule has 0 spiro atoms. The normalized spacial score (nSPS) is 14.4. The largest absolute Gasteiger partial charge is 0.493 e. The van der Waals surface area contributed by atoms with Crippen molar-refractivity contribution in [3.63, 3.8) is 0 Å². The summed E-state index contributed by atoms with van der Waals surface area (Å²) in [6.45, 7) is 6.41. The molecule has 3 rings (SSSR count). The van der Waals surface area contributed by atoms with Crippen molar-refractivity contribution in [2.75, 3.05) is 13.2 Å². The maximum atomic E-state index is 12.6. The second-order valence-electron chi connectivity index (χ2n) is 6.40. The molecule has 1 atom stereocenters. The van der Waals surface area contributed by atoms with Crippen LogP contribution in [-0.4, -0.2) is 46.4 Å². The van der Waals surface area contributed by atoms with Gasteiger partial charge in [-0.1, -0.05) is 5.16 Å². The van der Waals surface area contributed by atoms with Crippen molar-refractivity contribution in [2.45, 2.75) is 39.3 Å². The van der Waals surface area contributed by atoms with Gasteiger partial charge in [0.25, 0.3) is 5.91 Å². The number of aliphatic hydroxyl groups excluding tert-OH is 1. The van der Waals surface area contributed by atoms with Crippen LogP contribution in [0.4, 0.5) is 0 Å². The Morgan fingerprint density at radius 3 is 2.83 bits per heavy atom. The number of carbonyl (C=O) groups excluding carboxylic acids is 1. The summed E-state index contributed by atoms with van der Waals surface area (Å²) in [5, 5.41) is 13.6. The van der Waals surface area contributed by atoms with Crippen LogP contribution in [0.3, 0.4) is 0 Å². The van der Waals surface area contributed by atoms with Crippen molar-refractivity contribution in [1.29, 1.82) is 0 Å². The average molecular weight is 330 g/mol. The van der Waals surface area contributed by atoms with Crippen molar-refractivity contribution in [2.24, 2.45) is 0 Å². The van der Waals surface area contributed by atoms with Crippen LogP contribution in [0.15, 0.2) is 28.8 Å². The lowest BCUT2D eigenvalue weighted by Gasteiger charge is -2.26. The van der Waals surface area contributed by atoms with Gasteiger partial charge in [0.2, 0.25) is 5.76 Å². The van der Waals surface area contributed by atoms with Crippen molar-refractivity contribution in [3.05, 3.63) is 35.6 Å². The van der Waals surface area contributed by atoms with Crippen molar-refractivity contribution >= 4 is 5.91 Å². The second kappa shape index (κ2) is 6.65. The van der Waals surface area contributed by atoms with E-state index in [-0.39, 0.29) is 24.3 Å². The fourth-order valence-electron chi connectivity index (χ4n) is 2.81. The summed E-state index contributed by atoms with van der Waals surface area (Å²) in [6.07, 6.45) is 0.276. The summed E-state index contributed by atoms with van der Waals surface area (Å²) in [4.78, 5) is 14.2. The number of nitrogens with zero attached hydrogens (tertiary/aromatic N) is 2. The molecule has 2 aromatic rings. The van der Waals surface area contributed by atoms with Crippen LogP contribution >= 0.6 is 0 Å². The van der Waals surface area contributed by atoms with E-state index < -0.39 is 6.10 Å². The predicted octanol–water partition coefficient (Wildman–Crippen LogP) is 2.51. The molecule has 1 aromatic carbocycles. The Kier molecular flexibility index (Phi) is 4.57. The van der Waals surface area contributed by atoms with Crippen LogP contribution in [-0.2, 0) is 6.42 Å². The molecule has 2 heterocycles. The number of hydrogen-bond donors (Lipinski definition) is 1. The first kappa shape index (κ1) is 16.5. The predicted molar refractivity (Wildman–Crippen MR) is 89.0 cm³/mol. The Labute approximate surface area is 141 Å². The lowest BCUT2D eigenvalue weighted by Crippen LogP contribution is -2.41. The molecular weight excluding hydrogens is 308 g/mol. The first-order valence-electron chi connectivity index (χ1n) is 8.17. The monoisotopic (exact) mass is 330 g/mol. The molecule has 0 aliphatic carbocycles. The number of amides is 1. The van der Waals surface area contributed by atoms with Gasteiger partial charge in [-0.25, -0.2) is 0 Å². The van der Waals surface area contributed by atoms with E-state index in [1.165, 1.54) is 0 Å². The van der Waals surface area contributed by atoms with Crippen LogP contribution in [0.1, 0.15) is 36.9 Å². The highest BCUT2D eigenvalue weighted by Crippen LogP contribution is 2.30. The smallest absolute Gasteiger partial charge is 0.292 e. The van der Waals surface area contributed by atoms with Gasteiger partial charge < -0.3 is 19.3 Å². The molecule has 0 saturated heterocycles. The van der Waals surface area contributed by atoms with E-state index in [4.69, 9.17) is 9.26 Å². The molecule has 1 aliphatic heterocycles. The minimum absolute atomic E-state index is 0.0437. The molecule has 6 nitrogen and oxygen atoms in total. The summed E-state index contributed by atoms with van der Waals surface area (Å²) < 4.78 is 10.8. The highest BCUT2D eigenvalue weighted by Gasteiger charge is 2.24. The van der Waals surface area contributed by atoms with Gasteiger partial charge in [0.15, 0.2) is 0 Å². The molecule has 24 heavy (non-hydrogen) atoms. The van der Waals surface area contributed by atoms with Crippen LogP contribution in [0, 0.1) is 0 Å². The first-order valence-corrected chi connectivity index (χ1v) is 8.17. The molecule has 0 radical (unpaired) electrons. The zero-order valence-corrected chi connectivity index (χ0v) is 14.2. The van der Waals surface area contributed by atoms with Gasteiger partial charge in [-0.05, 0) is 44.5 Å². The SMILES string of the molecule is CC(O)CN(C(=O)c1cc(-c2ccc3c(c2)CCO3)no1)C(C)C. The van der Waals surface area contributed by atoms with Gasteiger partial charge in [-0.2, -0.15) is 0 Å². The Morgan fingerprint density at radius 2 is 2.12 bits per heavy atom. The molecule has 1 N–H and O–H groups in total. The first-order chi connectivity index (χ1) is 11.5. The zero-order valence-electron chi connectivity index (χ0n) is 14.2. The fraction of sp³-hybridized carbons (Fsp3) is 0.444. The van der Waals surface area contributed by atoms with Crippen LogP contribution in [0.5, 0.6) is 5.75 Å². The molecular formula is C18H22N2O4. The van der Waals surface area contributed by atoms with Gasteiger partial charge >= 0.3 is 0 Å². The third-order valence-electron chi connectivity index (χ3n) is 4.05. The van der Waals surface area contributed by atoms with Gasteiger partial charge in [-0.15, -0.1) is 0 Å². The van der Waals surface area contributed by atoms with Crippen molar-refractivity contribution in [3.8, 4) is 17.0 Å². The highest BCUT2D eigenvalue weighted by molar-refractivity contribution is 5.92. The molecule has 6 heteroatoms. The van der Waals surface area contributed by atoms with Gasteiger partial charge in [0, 0.05) is 30.6 Å². The third kappa shape index (κ3) is 3.28. The standard InChI is InChI=1S/C18H22N2O4/c1-11(2)20(10-12(3)21)18(22)17-9-15(19-24-17)13-4-5-16-14(8-13)6-7-23-16/h4-5,8-9,11-12,21H,6-7,10H2,1-3H3. The number of fused-ring (bicyclic) bond motifs is 1. The summed E-state index contributed by atoms with van der Waals surface area (Å²) in [5.74, 6) is 0.812. The number of carbonyl (C=O) groups is 1. The molecule has 128 valence electrons. The highest BCUT2D eigenvalue weighted by atomic mass is 16.5. The summed E-state index contributed by atoms with van der Waals surface area (Å²) in [7, 11) is 0.